The summed E-state index contributed by atoms with van der Waals surface area (Å²) in [6.07, 6.45) is -0.467. The molecule has 1 aromatic heterocycles. The Balaban J connectivity index is 1.60. The molecule has 0 saturated heterocycles. The van der Waals surface area contributed by atoms with Crippen LogP contribution in [0.2, 0.25) is 0 Å². The number of aromatic amines is 1. The zero-order valence-corrected chi connectivity index (χ0v) is 20.4. The number of para-hydroxylation sites is 1. The number of nitrogens with zero attached hydrogens (tertiary/aromatic N) is 3. The first-order valence-electron chi connectivity index (χ1n) is 12.3. The van der Waals surface area contributed by atoms with E-state index in [4.69, 9.17) is 0 Å². The molecule has 1 aliphatic heterocycles. The first kappa shape index (κ1) is 24.0. The predicted molar refractivity (Wildman–Crippen MR) is 137 cm³/mol. The molecule has 2 heterocycles. The van der Waals surface area contributed by atoms with Gasteiger partial charge in [0.1, 0.15) is 0 Å². The number of hydrogen-bond donors (Lipinski definition) is 1. The van der Waals surface area contributed by atoms with Gasteiger partial charge in [0.2, 0.25) is 5.91 Å². The summed E-state index contributed by atoms with van der Waals surface area (Å²) in [5.74, 6) is -0.987. The summed E-state index contributed by atoms with van der Waals surface area (Å²) in [7, 11) is 0. The zero-order chi connectivity index (χ0) is 26.7. The van der Waals surface area contributed by atoms with Gasteiger partial charge in [-0.1, -0.05) is 36.4 Å². The lowest BCUT2D eigenvalue weighted by Crippen LogP contribution is -2.53. The number of halogens is 3. The number of hydrogen-bond acceptors (Lipinski definition) is 3. The van der Waals surface area contributed by atoms with Crippen LogP contribution in [-0.2, 0) is 27.6 Å². The van der Waals surface area contributed by atoms with E-state index in [2.05, 4.69) is 10.2 Å². The van der Waals surface area contributed by atoms with Crippen molar-refractivity contribution in [2.45, 2.75) is 31.4 Å². The Morgan fingerprint density at radius 3 is 2.42 bits per heavy atom. The van der Waals surface area contributed by atoms with Crippen molar-refractivity contribution in [1.82, 2.24) is 10.2 Å². The maximum atomic E-state index is 14.6. The molecule has 0 saturated carbocycles. The molecule has 38 heavy (non-hydrogen) atoms. The molecule has 0 fully saturated rings. The SMILES string of the molecule is CCN1C(=O)C2(CCc3cc(-c4cn[nH]c4)ccc32)C(=O)N(c2ccccc2)c2cc(C(F)(F)F)ccc21. The van der Waals surface area contributed by atoms with Gasteiger partial charge in [0.25, 0.3) is 5.91 Å². The highest BCUT2D eigenvalue weighted by Gasteiger charge is 2.57. The molecule has 6 nitrogen and oxygen atoms in total. The maximum absolute atomic E-state index is 14.6. The van der Waals surface area contributed by atoms with E-state index in [9.17, 15) is 22.8 Å². The van der Waals surface area contributed by atoms with Gasteiger partial charge >= 0.3 is 6.18 Å². The van der Waals surface area contributed by atoms with Crippen LogP contribution in [0.5, 0.6) is 0 Å². The molecular weight excluding hydrogens is 493 g/mol. The smallest absolute Gasteiger partial charge is 0.309 e. The minimum absolute atomic E-state index is 0.0339. The van der Waals surface area contributed by atoms with Gasteiger partial charge < -0.3 is 4.90 Å². The monoisotopic (exact) mass is 516 g/mol. The lowest BCUT2D eigenvalue weighted by molar-refractivity contribution is -0.138. The third-order valence-corrected chi connectivity index (χ3v) is 7.51. The van der Waals surface area contributed by atoms with Crippen LogP contribution in [0.25, 0.3) is 11.1 Å². The normalized spacial score (nSPS) is 19.1. The lowest BCUT2D eigenvalue weighted by atomic mass is 9.78. The van der Waals surface area contributed by atoms with Gasteiger partial charge in [-0.15, -0.1) is 0 Å². The second kappa shape index (κ2) is 8.58. The van der Waals surface area contributed by atoms with Crippen LogP contribution >= 0.6 is 0 Å². The van der Waals surface area contributed by atoms with Gasteiger partial charge in [0, 0.05) is 24.0 Å². The van der Waals surface area contributed by atoms with Crippen LogP contribution in [0, 0.1) is 0 Å². The number of amides is 2. The highest BCUT2D eigenvalue weighted by molar-refractivity contribution is 6.27. The van der Waals surface area contributed by atoms with Gasteiger partial charge in [-0.05, 0) is 66.8 Å². The Morgan fingerprint density at radius 2 is 1.74 bits per heavy atom. The minimum Gasteiger partial charge on any atom is -0.309 e. The van der Waals surface area contributed by atoms with Gasteiger partial charge in [-0.2, -0.15) is 18.3 Å². The van der Waals surface area contributed by atoms with Crippen molar-refractivity contribution in [2.24, 2.45) is 0 Å². The molecular formula is C29H23F3N4O2. The van der Waals surface area contributed by atoms with Crippen LogP contribution in [0.15, 0.2) is 79.1 Å². The summed E-state index contributed by atoms with van der Waals surface area (Å²) in [6, 6.07) is 17.3. The highest BCUT2D eigenvalue weighted by Crippen LogP contribution is 2.50. The van der Waals surface area contributed by atoms with E-state index < -0.39 is 29.0 Å². The topological polar surface area (TPSA) is 69.3 Å². The van der Waals surface area contributed by atoms with Gasteiger partial charge in [-0.25, -0.2) is 0 Å². The number of fused-ring (bicyclic) bond motifs is 3. The fourth-order valence-corrected chi connectivity index (χ4v) is 5.69. The second-order valence-corrected chi connectivity index (χ2v) is 9.49. The number of aryl methyl sites for hydroxylation is 1. The van der Waals surface area contributed by atoms with Crippen molar-refractivity contribution in [3.05, 3.63) is 95.8 Å². The van der Waals surface area contributed by atoms with E-state index >= 15 is 0 Å². The van der Waals surface area contributed by atoms with Gasteiger partial charge in [0.05, 0.1) is 23.1 Å². The highest BCUT2D eigenvalue weighted by atomic mass is 19.4. The van der Waals surface area contributed by atoms with E-state index in [0.29, 0.717) is 17.7 Å². The van der Waals surface area contributed by atoms with Gasteiger partial charge in [-0.3, -0.25) is 19.6 Å². The molecule has 1 unspecified atom stereocenters. The van der Waals surface area contributed by atoms with E-state index in [1.165, 1.54) is 15.9 Å². The number of nitrogens with one attached hydrogen (secondary N) is 1. The number of likely N-dealkylation sites (N-methyl/N-ethyl adjacent to an activating group) is 1. The van der Waals surface area contributed by atoms with Crippen LogP contribution in [0.3, 0.4) is 0 Å². The molecule has 3 aromatic carbocycles. The van der Waals surface area contributed by atoms with E-state index in [1.807, 2.05) is 12.1 Å². The zero-order valence-electron chi connectivity index (χ0n) is 20.4. The number of benzene rings is 3. The first-order chi connectivity index (χ1) is 18.3. The summed E-state index contributed by atoms with van der Waals surface area (Å²) in [6.45, 7) is 1.95. The molecule has 4 aromatic rings. The summed E-state index contributed by atoms with van der Waals surface area (Å²) >= 11 is 0. The Labute approximate surface area is 216 Å². The van der Waals surface area contributed by atoms with E-state index in [1.54, 1.807) is 55.7 Å². The lowest BCUT2D eigenvalue weighted by Gasteiger charge is -2.32. The molecule has 0 radical (unpaired) electrons. The molecule has 1 N–H and O–H groups in total. The molecule has 6 rings (SSSR count). The van der Waals surface area contributed by atoms with Crippen molar-refractivity contribution in [3.8, 4) is 11.1 Å². The fraction of sp³-hybridized carbons (Fsp3) is 0.207. The molecule has 9 heteroatoms. The molecule has 1 atom stereocenters. The maximum Gasteiger partial charge on any atom is 0.416 e. The molecule has 0 bridgehead atoms. The number of H-pyrrole nitrogens is 1. The Bertz CT molecular complexity index is 1550. The number of carbonyl (C=O) groups excluding carboxylic acids is 2. The van der Waals surface area contributed by atoms with Crippen molar-refractivity contribution >= 4 is 28.9 Å². The molecule has 1 aliphatic carbocycles. The first-order valence-corrected chi connectivity index (χ1v) is 12.3. The van der Waals surface area contributed by atoms with Crippen molar-refractivity contribution < 1.29 is 22.8 Å². The second-order valence-electron chi connectivity index (χ2n) is 9.49. The van der Waals surface area contributed by atoms with Crippen LogP contribution in [0.4, 0.5) is 30.2 Å². The average Bonchev–Trinajstić information content (AvgIpc) is 3.57. The standard InChI is InChI=1S/C29H23F3N4O2/c1-2-35-24-11-9-21(29(30,31)32)15-25(24)36(22-6-4-3-5-7-22)27(38)28(26(35)37)13-12-19-14-18(8-10-23(19)28)20-16-33-34-17-20/h3-11,14-17H,2,12-13H2,1H3,(H,33,34). The predicted octanol–water partition coefficient (Wildman–Crippen LogP) is 6.01. The van der Waals surface area contributed by atoms with Crippen LogP contribution < -0.4 is 9.80 Å². The third-order valence-electron chi connectivity index (χ3n) is 7.51. The summed E-state index contributed by atoms with van der Waals surface area (Å²) in [4.78, 5) is 31.7. The quantitative estimate of drug-likeness (QED) is 0.339. The Morgan fingerprint density at radius 1 is 0.947 bits per heavy atom. The minimum atomic E-state index is -4.62. The Hall–Kier alpha value is -4.40. The van der Waals surface area contributed by atoms with E-state index in [-0.39, 0.29) is 24.3 Å². The Kier molecular flexibility index (Phi) is 5.41. The molecule has 2 amide bonds. The number of anilines is 3. The summed E-state index contributed by atoms with van der Waals surface area (Å²) < 4.78 is 41.4. The van der Waals surface area contributed by atoms with Crippen LogP contribution in [-0.4, -0.2) is 28.6 Å². The van der Waals surface area contributed by atoms with Crippen molar-refractivity contribution in [1.29, 1.82) is 0 Å². The third kappa shape index (κ3) is 3.45. The molecule has 2 aliphatic rings. The van der Waals surface area contributed by atoms with Crippen LogP contribution in [0.1, 0.15) is 30.0 Å². The molecule has 1 spiro atoms. The van der Waals surface area contributed by atoms with E-state index in [0.717, 1.165) is 28.8 Å². The average molecular weight is 517 g/mol. The van der Waals surface area contributed by atoms with Crippen molar-refractivity contribution in [3.63, 3.8) is 0 Å². The summed E-state index contributed by atoms with van der Waals surface area (Å²) in [5.41, 5.74) is 1.45. The number of rotatable bonds is 3. The van der Waals surface area contributed by atoms with Crippen molar-refractivity contribution in [2.75, 3.05) is 16.3 Å². The summed E-state index contributed by atoms with van der Waals surface area (Å²) in [5, 5.41) is 6.78. The molecule has 192 valence electrons. The number of alkyl halides is 3. The largest absolute Gasteiger partial charge is 0.416 e. The number of carbonyl (C=O) groups is 2. The number of aromatic nitrogens is 2. The van der Waals surface area contributed by atoms with Gasteiger partial charge in [0.15, 0.2) is 5.41 Å². The fourth-order valence-electron chi connectivity index (χ4n) is 5.69.